The van der Waals surface area contributed by atoms with E-state index in [-0.39, 0.29) is 6.61 Å². The highest BCUT2D eigenvalue weighted by molar-refractivity contribution is 6.42. The van der Waals surface area contributed by atoms with E-state index in [4.69, 9.17) is 25.2 Å². The highest BCUT2D eigenvalue weighted by atomic mass is 16.5. The lowest BCUT2D eigenvalue weighted by atomic mass is 9.46. The maximum atomic E-state index is 10.3. The third kappa shape index (κ3) is 3.81. The molecule has 0 aromatic heterocycles. The van der Waals surface area contributed by atoms with Crippen LogP contribution in [0, 0.1) is 0 Å². The zero-order valence-electron chi connectivity index (χ0n) is 17.7. The molecule has 30 heavy (non-hydrogen) atoms. The summed E-state index contributed by atoms with van der Waals surface area (Å²) in [7, 11) is 15.1. The number of ether oxygens (including phenoxy) is 2. The Labute approximate surface area is 181 Å². The Balaban J connectivity index is 1.79. The van der Waals surface area contributed by atoms with Crippen LogP contribution in [0.3, 0.4) is 0 Å². The van der Waals surface area contributed by atoms with Crippen LogP contribution in [-0.2, 0) is 29.2 Å². The molecule has 0 spiro atoms. The molecule has 0 bridgehead atoms. The molecule has 3 atom stereocenters. The van der Waals surface area contributed by atoms with Gasteiger partial charge < -0.3 is 19.7 Å². The number of aliphatic hydroxyl groups excluding tert-OH is 2. The standard InChI is InChI=1S/C24H28B2O4/c1-3-14-9-22(29-2)20(23-11-18(28)10-19(13-27)30-23)12-21(14)24(25,26)17-7-6-15-4-5-16(15)8-17/h6-9,12,18-19,23,27-28H,3-5,10-11,13H2,1-2H3. The molecule has 0 amide bonds. The molecule has 1 aliphatic heterocycles. The fraction of sp³-hybridized carbons (Fsp3) is 0.500. The highest BCUT2D eigenvalue weighted by Gasteiger charge is 2.33. The molecule has 1 saturated heterocycles. The molecule has 2 aliphatic rings. The topological polar surface area (TPSA) is 58.9 Å². The maximum absolute atomic E-state index is 10.3. The normalized spacial score (nSPS) is 23.5. The Morgan fingerprint density at radius 1 is 1.13 bits per heavy atom. The van der Waals surface area contributed by atoms with Crippen LogP contribution in [0.5, 0.6) is 5.75 Å². The number of methoxy groups -OCH3 is 1. The summed E-state index contributed by atoms with van der Waals surface area (Å²) in [6.07, 6.45) is 2.40. The van der Waals surface area contributed by atoms with E-state index in [0.29, 0.717) is 18.6 Å². The van der Waals surface area contributed by atoms with E-state index in [1.54, 1.807) is 7.11 Å². The van der Waals surface area contributed by atoms with E-state index in [0.717, 1.165) is 41.5 Å². The van der Waals surface area contributed by atoms with Gasteiger partial charge in [-0.15, -0.1) is 0 Å². The van der Waals surface area contributed by atoms with E-state index in [1.807, 2.05) is 18.2 Å². The summed E-state index contributed by atoms with van der Waals surface area (Å²) in [5, 5.41) is 18.7. The molecule has 0 saturated carbocycles. The van der Waals surface area contributed by atoms with E-state index in [1.165, 1.54) is 11.1 Å². The molecule has 1 fully saturated rings. The quantitative estimate of drug-likeness (QED) is 0.730. The van der Waals surface area contributed by atoms with Gasteiger partial charge in [-0.05, 0) is 48.1 Å². The highest BCUT2D eigenvalue weighted by Crippen LogP contribution is 2.41. The van der Waals surface area contributed by atoms with Crippen molar-refractivity contribution in [3.63, 3.8) is 0 Å². The van der Waals surface area contributed by atoms with Gasteiger partial charge in [-0.2, -0.15) is 0 Å². The van der Waals surface area contributed by atoms with Gasteiger partial charge in [0.25, 0.3) is 0 Å². The second-order valence-electron chi connectivity index (χ2n) is 8.51. The number of aryl methyl sites for hydroxylation is 3. The first kappa shape index (κ1) is 21.5. The van der Waals surface area contributed by atoms with Crippen LogP contribution in [0.15, 0.2) is 30.3 Å². The van der Waals surface area contributed by atoms with Crippen LogP contribution in [0.1, 0.15) is 59.3 Å². The smallest absolute Gasteiger partial charge is 0.124 e. The second-order valence-corrected chi connectivity index (χ2v) is 8.51. The number of aliphatic hydroxyl groups is 2. The van der Waals surface area contributed by atoms with Gasteiger partial charge in [-0.25, -0.2) is 0 Å². The van der Waals surface area contributed by atoms with Crippen molar-refractivity contribution in [3.05, 3.63) is 63.7 Å². The molecule has 3 unspecified atom stereocenters. The van der Waals surface area contributed by atoms with Gasteiger partial charge in [0.05, 0.1) is 47.7 Å². The summed E-state index contributed by atoms with van der Waals surface area (Å²) in [6, 6.07) is 10.2. The lowest BCUT2D eigenvalue weighted by Gasteiger charge is -2.36. The molecule has 6 heteroatoms. The van der Waals surface area contributed by atoms with Crippen molar-refractivity contribution in [2.24, 2.45) is 0 Å². The zero-order valence-corrected chi connectivity index (χ0v) is 17.7. The number of hydrogen-bond acceptors (Lipinski definition) is 4. The van der Waals surface area contributed by atoms with E-state index in [2.05, 4.69) is 19.1 Å². The van der Waals surface area contributed by atoms with Gasteiger partial charge in [0.15, 0.2) is 0 Å². The third-order valence-electron chi connectivity index (χ3n) is 6.56. The van der Waals surface area contributed by atoms with Gasteiger partial charge in [-0.3, -0.25) is 0 Å². The number of hydrogen-bond donors (Lipinski definition) is 2. The molecular weight excluding hydrogens is 374 g/mol. The lowest BCUT2D eigenvalue weighted by molar-refractivity contribution is -0.114. The first-order valence-electron chi connectivity index (χ1n) is 10.7. The maximum Gasteiger partial charge on any atom is 0.124 e. The Hall–Kier alpha value is -1.75. The van der Waals surface area contributed by atoms with Gasteiger partial charge in [0.1, 0.15) is 5.75 Å². The third-order valence-corrected chi connectivity index (χ3v) is 6.56. The summed E-state index contributed by atoms with van der Waals surface area (Å²) < 4.78 is 11.7. The van der Waals surface area contributed by atoms with Crippen molar-refractivity contribution in [1.82, 2.24) is 0 Å². The molecule has 154 valence electrons. The van der Waals surface area contributed by atoms with Crippen LogP contribution in [0.2, 0.25) is 0 Å². The fourth-order valence-corrected chi connectivity index (χ4v) is 4.66. The SMILES string of the molecule is [B]C([B])(c1ccc2c(c1)CC2)c1cc(C2CC(O)CC(CO)O2)c(OC)cc1CC. The Morgan fingerprint density at radius 2 is 1.90 bits per heavy atom. The van der Waals surface area contributed by atoms with Crippen LogP contribution >= 0.6 is 0 Å². The largest absolute Gasteiger partial charge is 0.496 e. The molecule has 4 nitrogen and oxygen atoms in total. The molecule has 2 aromatic rings. The molecule has 4 radical (unpaired) electrons. The predicted molar refractivity (Wildman–Crippen MR) is 118 cm³/mol. The summed E-state index contributed by atoms with van der Waals surface area (Å²) in [4.78, 5) is 0. The number of rotatable bonds is 6. The van der Waals surface area contributed by atoms with Crippen molar-refractivity contribution < 1.29 is 19.7 Å². The minimum Gasteiger partial charge on any atom is -0.496 e. The summed E-state index contributed by atoms with van der Waals surface area (Å²) in [5.74, 6) is 0.680. The van der Waals surface area contributed by atoms with Crippen molar-refractivity contribution in [1.29, 1.82) is 0 Å². The van der Waals surface area contributed by atoms with Crippen LogP contribution in [0.25, 0.3) is 0 Å². The molecule has 2 N–H and O–H groups in total. The molecular formula is C24H28B2O4. The van der Waals surface area contributed by atoms with Gasteiger partial charge in [0.2, 0.25) is 0 Å². The fourth-order valence-electron chi connectivity index (χ4n) is 4.66. The first-order valence-corrected chi connectivity index (χ1v) is 10.7. The van der Waals surface area contributed by atoms with Gasteiger partial charge in [-0.1, -0.05) is 41.5 Å². The second kappa shape index (κ2) is 8.41. The molecule has 4 rings (SSSR count). The minimum atomic E-state index is -1.17. The first-order chi connectivity index (χ1) is 14.4. The van der Waals surface area contributed by atoms with Crippen molar-refractivity contribution in [3.8, 4) is 5.75 Å². The molecule has 1 aliphatic carbocycles. The van der Waals surface area contributed by atoms with Crippen LogP contribution < -0.4 is 4.74 Å². The van der Waals surface area contributed by atoms with E-state index in [9.17, 15) is 10.2 Å². The van der Waals surface area contributed by atoms with Gasteiger partial charge >= 0.3 is 0 Å². The van der Waals surface area contributed by atoms with Crippen molar-refractivity contribution in [2.75, 3.05) is 13.7 Å². The average molecular weight is 402 g/mol. The monoisotopic (exact) mass is 402 g/mol. The van der Waals surface area contributed by atoms with Crippen molar-refractivity contribution >= 4 is 15.7 Å². The number of benzene rings is 2. The van der Waals surface area contributed by atoms with E-state index >= 15 is 0 Å². The van der Waals surface area contributed by atoms with E-state index < -0.39 is 23.5 Å². The molecule has 2 aromatic carbocycles. The Bertz CT molecular complexity index is 928. The summed E-state index contributed by atoms with van der Waals surface area (Å²) >= 11 is 0. The Kier molecular flexibility index (Phi) is 6.02. The summed E-state index contributed by atoms with van der Waals surface area (Å²) in [5.41, 5.74) is 6.18. The summed E-state index contributed by atoms with van der Waals surface area (Å²) in [6.45, 7) is 1.93. The average Bonchev–Trinajstić information content (AvgIpc) is 2.72. The Morgan fingerprint density at radius 3 is 2.50 bits per heavy atom. The van der Waals surface area contributed by atoms with Gasteiger partial charge in [0, 0.05) is 18.4 Å². The molecule has 1 heterocycles. The predicted octanol–water partition coefficient (Wildman–Crippen LogP) is 2.47. The minimum absolute atomic E-state index is 0.136. The number of fused-ring (bicyclic) bond motifs is 1. The van der Waals surface area contributed by atoms with Crippen LogP contribution in [-0.4, -0.2) is 51.8 Å². The van der Waals surface area contributed by atoms with Crippen LogP contribution in [0.4, 0.5) is 0 Å². The van der Waals surface area contributed by atoms with Crippen molar-refractivity contribution in [2.45, 2.75) is 62.6 Å². The zero-order chi connectivity index (χ0) is 21.5. The lowest BCUT2D eigenvalue weighted by Crippen LogP contribution is -2.34.